The van der Waals surface area contributed by atoms with Crippen LogP contribution in [0, 0.1) is 17.8 Å². The molecular weight excluding hydrogens is 480 g/mol. The molecular formula is C27H50N2O6S. The van der Waals surface area contributed by atoms with E-state index in [-0.39, 0.29) is 18.2 Å². The maximum absolute atomic E-state index is 12.3. The van der Waals surface area contributed by atoms with Crippen LogP contribution in [0.3, 0.4) is 0 Å². The number of rotatable bonds is 20. The summed E-state index contributed by atoms with van der Waals surface area (Å²) in [6.45, 7) is 9.62. The average molecular weight is 531 g/mol. The molecule has 1 aromatic rings. The van der Waals surface area contributed by atoms with Gasteiger partial charge in [-0.05, 0) is 54.7 Å². The van der Waals surface area contributed by atoms with Crippen LogP contribution in [0.2, 0.25) is 0 Å². The summed E-state index contributed by atoms with van der Waals surface area (Å²) in [5.74, 6) is 2.55. The fourth-order valence-corrected chi connectivity index (χ4v) is 5.18. The fraction of sp³-hybridized carbons (Fsp3) is 0.778. The Morgan fingerprint density at radius 1 is 1.03 bits per heavy atom. The van der Waals surface area contributed by atoms with E-state index in [9.17, 15) is 13.5 Å². The predicted molar refractivity (Wildman–Crippen MR) is 146 cm³/mol. The van der Waals surface area contributed by atoms with Crippen LogP contribution < -0.4 is 19.9 Å². The number of ether oxygens (including phenoxy) is 3. The van der Waals surface area contributed by atoms with Gasteiger partial charge in [-0.2, -0.15) is 0 Å². The molecule has 0 aliphatic carbocycles. The van der Waals surface area contributed by atoms with Gasteiger partial charge in [-0.3, -0.25) is 0 Å². The molecule has 0 heterocycles. The summed E-state index contributed by atoms with van der Waals surface area (Å²) in [7, 11) is -0.139. The average Bonchev–Trinajstić information content (AvgIpc) is 2.82. The summed E-state index contributed by atoms with van der Waals surface area (Å²) in [5.41, 5.74) is 7.42. The highest BCUT2D eigenvalue weighted by atomic mass is 32.2. The summed E-state index contributed by atoms with van der Waals surface area (Å²) in [4.78, 5) is 0. The van der Waals surface area contributed by atoms with Gasteiger partial charge in [-0.1, -0.05) is 46.6 Å². The molecule has 1 aromatic carbocycles. The number of methoxy groups -OCH3 is 2. The van der Waals surface area contributed by atoms with Crippen molar-refractivity contribution in [2.24, 2.45) is 23.5 Å². The maximum Gasteiger partial charge on any atom is 0.211 e. The highest BCUT2D eigenvalue weighted by Crippen LogP contribution is 2.31. The Hall–Kier alpha value is -1.39. The van der Waals surface area contributed by atoms with Gasteiger partial charge in [0, 0.05) is 32.7 Å². The number of aliphatic hydroxyl groups is 1. The van der Waals surface area contributed by atoms with Gasteiger partial charge in [-0.25, -0.2) is 13.1 Å². The Morgan fingerprint density at radius 2 is 1.75 bits per heavy atom. The topological polar surface area (TPSA) is 120 Å². The third kappa shape index (κ3) is 13.2. The van der Waals surface area contributed by atoms with Crippen molar-refractivity contribution in [2.75, 3.05) is 39.7 Å². The second-order valence-electron chi connectivity index (χ2n) is 10.4. The maximum atomic E-state index is 12.3. The van der Waals surface area contributed by atoms with Crippen LogP contribution in [0.4, 0.5) is 0 Å². The molecule has 0 aromatic heterocycles. The second kappa shape index (κ2) is 17.2. The standard InChI is InChI=1S/C27H50N2O6S/c1-20(2)10-7-8-15-36(31,32)29-19-25(30)24(28)18-23(21(3)4)16-22-11-12-26(34-6)27(17-22)35-14-9-13-33-5/h11-12,17,20-21,23-25,29-30H,7-10,13-16,18-19,28H2,1-6H3/t23-,24-,25+/m0/s1. The lowest BCUT2D eigenvalue weighted by Gasteiger charge is -2.27. The first kappa shape index (κ1) is 32.6. The number of hydrogen-bond donors (Lipinski definition) is 3. The normalized spacial score (nSPS) is 14.7. The molecule has 9 heteroatoms. The summed E-state index contributed by atoms with van der Waals surface area (Å²) < 4.78 is 43.5. The van der Waals surface area contributed by atoms with Crippen molar-refractivity contribution >= 4 is 10.0 Å². The van der Waals surface area contributed by atoms with Crippen LogP contribution in [-0.2, 0) is 21.2 Å². The van der Waals surface area contributed by atoms with E-state index < -0.39 is 22.2 Å². The lowest BCUT2D eigenvalue weighted by atomic mass is 9.83. The lowest BCUT2D eigenvalue weighted by Crippen LogP contribution is -2.45. The van der Waals surface area contributed by atoms with E-state index in [4.69, 9.17) is 19.9 Å². The first-order valence-electron chi connectivity index (χ1n) is 13.2. The SMILES string of the molecule is COCCCOc1cc(C[C@@H](C[C@H](N)[C@H](O)CNS(=O)(=O)CCCCC(C)C)C(C)C)ccc1OC. The summed E-state index contributed by atoms with van der Waals surface area (Å²) in [6.07, 6.45) is 3.67. The van der Waals surface area contributed by atoms with E-state index in [1.807, 2.05) is 18.2 Å². The fourth-order valence-electron chi connectivity index (χ4n) is 4.03. The largest absolute Gasteiger partial charge is 0.493 e. The van der Waals surface area contributed by atoms with Crippen molar-refractivity contribution in [3.05, 3.63) is 23.8 Å². The van der Waals surface area contributed by atoms with Gasteiger partial charge < -0.3 is 25.1 Å². The van der Waals surface area contributed by atoms with Crippen molar-refractivity contribution in [1.29, 1.82) is 0 Å². The number of sulfonamides is 1. The molecule has 4 N–H and O–H groups in total. The smallest absolute Gasteiger partial charge is 0.211 e. The van der Waals surface area contributed by atoms with Crippen LogP contribution in [-0.4, -0.2) is 65.4 Å². The number of benzene rings is 1. The van der Waals surface area contributed by atoms with Crippen molar-refractivity contribution in [2.45, 2.75) is 78.4 Å². The Morgan fingerprint density at radius 3 is 2.36 bits per heavy atom. The number of unbranched alkanes of at least 4 members (excludes halogenated alkanes) is 1. The molecule has 8 nitrogen and oxygen atoms in total. The molecule has 210 valence electrons. The van der Waals surface area contributed by atoms with Gasteiger partial charge in [-0.15, -0.1) is 0 Å². The van der Waals surface area contributed by atoms with Crippen LogP contribution in [0.1, 0.15) is 65.4 Å². The molecule has 0 aliphatic rings. The molecule has 0 unspecified atom stereocenters. The van der Waals surface area contributed by atoms with Gasteiger partial charge in [0.05, 0.1) is 25.6 Å². The van der Waals surface area contributed by atoms with Crippen LogP contribution in [0.15, 0.2) is 18.2 Å². The highest BCUT2D eigenvalue weighted by Gasteiger charge is 2.24. The molecule has 0 fully saturated rings. The van der Waals surface area contributed by atoms with E-state index in [2.05, 4.69) is 32.4 Å². The Labute approximate surface area is 219 Å². The van der Waals surface area contributed by atoms with Gasteiger partial charge in [0.25, 0.3) is 0 Å². The second-order valence-corrected chi connectivity index (χ2v) is 12.3. The van der Waals surface area contributed by atoms with Crippen molar-refractivity contribution in [3.63, 3.8) is 0 Å². The zero-order valence-electron chi connectivity index (χ0n) is 23.2. The van der Waals surface area contributed by atoms with Gasteiger partial charge in [0.1, 0.15) is 0 Å². The molecule has 0 aliphatic heterocycles. The van der Waals surface area contributed by atoms with Crippen LogP contribution >= 0.6 is 0 Å². The molecule has 0 radical (unpaired) electrons. The molecule has 0 saturated carbocycles. The number of nitrogens with one attached hydrogen (secondary N) is 1. The minimum absolute atomic E-state index is 0.0690. The molecule has 0 bridgehead atoms. The van der Waals surface area contributed by atoms with Gasteiger partial charge in [0.2, 0.25) is 10.0 Å². The quantitative estimate of drug-likeness (QED) is 0.220. The van der Waals surface area contributed by atoms with E-state index in [0.717, 1.165) is 31.2 Å². The van der Waals surface area contributed by atoms with Crippen LogP contribution in [0.5, 0.6) is 11.5 Å². The van der Waals surface area contributed by atoms with Crippen molar-refractivity contribution in [1.82, 2.24) is 4.72 Å². The number of aliphatic hydroxyl groups excluding tert-OH is 1. The number of nitrogens with two attached hydrogens (primary N) is 1. The highest BCUT2D eigenvalue weighted by molar-refractivity contribution is 7.89. The van der Waals surface area contributed by atoms with Gasteiger partial charge in [0.15, 0.2) is 11.5 Å². The third-order valence-corrected chi connectivity index (χ3v) is 7.88. The monoisotopic (exact) mass is 530 g/mol. The van der Waals surface area contributed by atoms with Crippen LogP contribution in [0.25, 0.3) is 0 Å². The molecule has 0 amide bonds. The predicted octanol–water partition coefficient (Wildman–Crippen LogP) is 3.75. The Balaban J connectivity index is 2.67. The molecule has 36 heavy (non-hydrogen) atoms. The van der Waals surface area contributed by atoms with E-state index in [1.54, 1.807) is 14.2 Å². The minimum atomic E-state index is -3.42. The van der Waals surface area contributed by atoms with Crippen molar-refractivity contribution < 1.29 is 27.7 Å². The summed E-state index contributed by atoms with van der Waals surface area (Å²) in [6, 6.07) is 5.38. The van der Waals surface area contributed by atoms with Gasteiger partial charge >= 0.3 is 0 Å². The van der Waals surface area contributed by atoms with E-state index >= 15 is 0 Å². The van der Waals surface area contributed by atoms with E-state index in [1.165, 1.54) is 0 Å². The molecule has 0 saturated heterocycles. The van der Waals surface area contributed by atoms with E-state index in [0.29, 0.717) is 49.4 Å². The third-order valence-electron chi connectivity index (χ3n) is 6.45. The zero-order valence-corrected chi connectivity index (χ0v) is 24.0. The molecule has 3 atom stereocenters. The lowest BCUT2D eigenvalue weighted by molar-refractivity contribution is 0.129. The Bertz CT molecular complexity index is 832. The zero-order chi connectivity index (χ0) is 27.1. The first-order valence-corrected chi connectivity index (χ1v) is 14.8. The molecule has 1 rings (SSSR count). The summed E-state index contributed by atoms with van der Waals surface area (Å²) >= 11 is 0. The van der Waals surface area contributed by atoms with Crippen molar-refractivity contribution in [3.8, 4) is 11.5 Å². The first-order chi connectivity index (χ1) is 17.0. The summed E-state index contributed by atoms with van der Waals surface area (Å²) in [5, 5.41) is 10.6. The number of hydrogen-bond acceptors (Lipinski definition) is 7. The minimum Gasteiger partial charge on any atom is -0.493 e. The Kier molecular flexibility index (Phi) is 15.6. The molecule has 0 spiro atoms.